The van der Waals surface area contributed by atoms with Crippen molar-refractivity contribution in [3.05, 3.63) is 53.7 Å². The first-order valence-corrected chi connectivity index (χ1v) is 9.84. The third-order valence-corrected chi connectivity index (χ3v) is 4.97. The van der Waals surface area contributed by atoms with Gasteiger partial charge in [0.05, 0.1) is 26.5 Å². The smallest absolute Gasteiger partial charge is 0.325 e. The summed E-state index contributed by atoms with van der Waals surface area (Å²) in [4.78, 5) is 28.0. The summed E-state index contributed by atoms with van der Waals surface area (Å²) in [5.41, 5.74) is 1.33. The molecular weight excluding hydrogens is 420 g/mol. The maximum Gasteiger partial charge on any atom is 0.325 e. The fourth-order valence-corrected chi connectivity index (χ4v) is 3.39. The molecule has 0 radical (unpaired) electrons. The van der Waals surface area contributed by atoms with E-state index in [-0.39, 0.29) is 28.9 Å². The summed E-state index contributed by atoms with van der Waals surface area (Å²) in [7, 11) is 2.82. The number of esters is 1. The molecule has 1 heterocycles. The lowest BCUT2D eigenvalue weighted by atomic mass is 10.1. The topological polar surface area (TPSA) is 88.5 Å². The minimum Gasteiger partial charge on any atom is -0.504 e. The number of rotatable bonds is 7. The van der Waals surface area contributed by atoms with Gasteiger partial charge in [0.15, 0.2) is 16.6 Å². The maximum atomic E-state index is 13.3. The number of methoxy groups -OCH3 is 2. The standard InChI is InChI=1S/C22H22N2O6S/c1-4-30-19-12-14(5-10-18(19)25)11-17-21(27)24(15-6-8-16(28-2)9-7-15)22(31)23(17)13-20(26)29-3/h5-12,25H,4,13H2,1-3H3/b17-11-. The Balaban J connectivity index is 2.03. The van der Waals surface area contributed by atoms with E-state index in [4.69, 9.17) is 26.4 Å². The number of ether oxygens (including phenoxy) is 3. The Kier molecular flexibility index (Phi) is 6.76. The highest BCUT2D eigenvalue weighted by molar-refractivity contribution is 7.80. The van der Waals surface area contributed by atoms with E-state index in [0.29, 0.717) is 23.6 Å². The molecule has 31 heavy (non-hydrogen) atoms. The molecule has 9 heteroatoms. The zero-order valence-electron chi connectivity index (χ0n) is 17.3. The molecule has 2 aromatic rings. The Morgan fingerprint density at radius 2 is 1.87 bits per heavy atom. The number of hydrogen-bond acceptors (Lipinski definition) is 7. The van der Waals surface area contributed by atoms with Crippen LogP contribution in [0.3, 0.4) is 0 Å². The van der Waals surface area contributed by atoms with Crippen molar-refractivity contribution in [1.82, 2.24) is 4.90 Å². The number of carbonyl (C=O) groups excluding carboxylic acids is 2. The highest BCUT2D eigenvalue weighted by atomic mass is 32.1. The van der Waals surface area contributed by atoms with E-state index in [1.54, 1.807) is 56.5 Å². The summed E-state index contributed by atoms with van der Waals surface area (Å²) in [6.45, 7) is 1.95. The molecule has 0 aromatic heterocycles. The summed E-state index contributed by atoms with van der Waals surface area (Å²) in [6, 6.07) is 11.5. The van der Waals surface area contributed by atoms with Crippen LogP contribution in [0.2, 0.25) is 0 Å². The molecule has 162 valence electrons. The summed E-state index contributed by atoms with van der Waals surface area (Å²) < 4.78 is 15.3. The molecule has 1 fully saturated rings. The number of amides is 1. The lowest BCUT2D eigenvalue weighted by Crippen LogP contribution is -2.35. The van der Waals surface area contributed by atoms with Crippen molar-refractivity contribution in [3.8, 4) is 17.2 Å². The van der Waals surface area contributed by atoms with Crippen LogP contribution in [-0.2, 0) is 14.3 Å². The second kappa shape index (κ2) is 9.48. The van der Waals surface area contributed by atoms with Gasteiger partial charge in [0.1, 0.15) is 18.0 Å². The van der Waals surface area contributed by atoms with Gasteiger partial charge in [-0.05, 0) is 67.2 Å². The minimum absolute atomic E-state index is 0.0106. The molecule has 1 aliphatic heterocycles. The third kappa shape index (κ3) is 4.61. The number of thiocarbonyl (C=S) groups is 1. The molecule has 0 unspecified atom stereocenters. The number of phenolic OH excluding ortho intramolecular Hbond substituents is 1. The Morgan fingerprint density at radius 1 is 1.16 bits per heavy atom. The van der Waals surface area contributed by atoms with Crippen LogP contribution in [0.5, 0.6) is 17.2 Å². The van der Waals surface area contributed by atoms with Crippen LogP contribution in [0.4, 0.5) is 5.69 Å². The summed E-state index contributed by atoms with van der Waals surface area (Å²) >= 11 is 5.52. The first-order chi connectivity index (χ1) is 14.9. The van der Waals surface area contributed by atoms with E-state index in [0.717, 1.165) is 0 Å². The van der Waals surface area contributed by atoms with Gasteiger partial charge in [-0.1, -0.05) is 6.07 Å². The fourth-order valence-electron chi connectivity index (χ4n) is 3.04. The maximum absolute atomic E-state index is 13.3. The fraction of sp³-hybridized carbons (Fsp3) is 0.227. The van der Waals surface area contributed by atoms with E-state index in [9.17, 15) is 14.7 Å². The number of nitrogens with zero attached hydrogens (tertiary/aromatic N) is 2. The van der Waals surface area contributed by atoms with E-state index < -0.39 is 11.9 Å². The van der Waals surface area contributed by atoms with Gasteiger partial charge in [-0.3, -0.25) is 14.5 Å². The highest BCUT2D eigenvalue weighted by Gasteiger charge is 2.40. The van der Waals surface area contributed by atoms with Gasteiger partial charge in [0.2, 0.25) is 0 Å². The Labute approximate surface area is 185 Å². The average Bonchev–Trinajstić information content (AvgIpc) is 3.00. The molecule has 0 saturated carbocycles. The lowest BCUT2D eigenvalue weighted by molar-refractivity contribution is -0.140. The van der Waals surface area contributed by atoms with Crippen LogP contribution in [-0.4, -0.2) is 54.4 Å². The summed E-state index contributed by atoms with van der Waals surface area (Å²) in [6.07, 6.45) is 1.59. The van der Waals surface area contributed by atoms with Gasteiger partial charge in [-0.25, -0.2) is 0 Å². The molecule has 1 N–H and O–H groups in total. The lowest BCUT2D eigenvalue weighted by Gasteiger charge is -2.19. The van der Waals surface area contributed by atoms with Crippen molar-refractivity contribution in [2.75, 3.05) is 32.3 Å². The predicted molar refractivity (Wildman–Crippen MR) is 119 cm³/mol. The Bertz CT molecular complexity index is 1030. The number of hydrogen-bond donors (Lipinski definition) is 1. The molecule has 0 spiro atoms. The molecule has 1 saturated heterocycles. The molecule has 3 rings (SSSR count). The van der Waals surface area contributed by atoms with Gasteiger partial charge in [-0.2, -0.15) is 0 Å². The van der Waals surface area contributed by atoms with Gasteiger partial charge >= 0.3 is 5.97 Å². The van der Waals surface area contributed by atoms with E-state index >= 15 is 0 Å². The van der Waals surface area contributed by atoms with Gasteiger partial charge in [0.25, 0.3) is 5.91 Å². The zero-order valence-corrected chi connectivity index (χ0v) is 18.1. The first kappa shape index (κ1) is 22.1. The normalized spacial score (nSPS) is 14.9. The molecule has 1 aliphatic rings. The quantitative estimate of drug-likeness (QED) is 0.398. The molecule has 0 atom stereocenters. The van der Waals surface area contributed by atoms with Gasteiger partial charge in [-0.15, -0.1) is 0 Å². The van der Waals surface area contributed by atoms with Crippen molar-refractivity contribution < 1.29 is 28.9 Å². The van der Waals surface area contributed by atoms with Crippen molar-refractivity contribution in [2.24, 2.45) is 0 Å². The summed E-state index contributed by atoms with van der Waals surface area (Å²) in [5.74, 6) is -0.0283. The molecule has 1 amide bonds. The van der Waals surface area contributed by atoms with Crippen molar-refractivity contribution >= 4 is 41.0 Å². The predicted octanol–water partition coefficient (Wildman–Crippen LogP) is 2.95. The van der Waals surface area contributed by atoms with E-state index in [1.807, 2.05) is 0 Å². The van der Waals surface area contributed by atoms with Crippen molar-refractivity contribution in [2.45, 2.75) is 6.92 Å². The molecule has 0 bridgehead atoms. The average molecular weight is 442 g/mol. The van der Waals surface area contributed by atoms with Crippen LogP contribution < -0.4 is 14.4 Å². The van der Waals surface area contributed by atoms with Crippen molar-refractivity contribution in [1.29, 1.82) is 0 Å². The van der Waals surface area contributed by atoms with Crippen LogP contribution in [0.25, 0.3) is 6.08 Å². The van der Waals surface area contributed by atoms with Crippen LogP contribution in [0.1, 0.15) is 12.5 Å². The number of carbonyl (C=O) groups is 2. The van der Waals surface area contributed by atoms with Crippen LogP contribution in [0.15, 0.2) is 48.2 Å². The van der Waals surface area contributed by atoms with E-state index in [1.165, 1.54) is 23.0 Å². The second-order valence-electron chi connectivity index (χ2n) is 6.47. The van der Waals surface area contributed by atoms with E-state index in [2.05, 4.69) is 0 Å². The summed E-state index contributed by atoms with van der Waals surface area (Å²) in [5, 5.41) is 10.1. The monoisotopic (exact) mass is 442 g/mol. The SMILES string of the molecule is CCOc1cc(/C=C2/C(=O)N(c3ccc(OC)cc3)C(=S)N2CC(=O)OC)ccc1O. The number of phenols is 1. The van der Waals surface area contributed by atoms with Crippen LogP contribution in [0, 0.1) is 0 Å². The largest absolute Gasteiger partial charge is 0.504 e. The van der Waals surface area contributed by atoms with Gasteiger partial charge in [0, 0.05) is 0 Å². The van der Waals surface area contributed by atoms with Crippen molar-refractivity contribution in [3.63, 3.8) is 0 Å². The Morgan fingerprint density at radius 3 is 2.48 bits per heavy atom. The molecule has 0 aliphatic carbocycles. The Hall–Kier alpha value is -3.59. The molecule has 8 nitrogen and oxygen atoms in total. The second-order valence-corrected chi connectivity index (χ2v) is 6.84. The third-order valence-electron chi connectivity index (χ3n) is 4.57. The molecule has 2 aromatic carbocycles. The highest BCUT2D eigenvalue weighted by Crippen LogP contribution is 2.32. The molecular formula is C22H22N2O6S. The minimum atomic E-state index is -0.543. The number of aromatic hydroxyl groups is 1. The van der Waals surface area contributed by atoms with Crippen LogP contribution >= 0.6 is 12.2 Å². The number of benzene rings is 2. The van der Waals surface area contributed by atoms with Gasteiger partial charge < -0.3 is 24.2 Å². The number of anilines is 1. The first-order valence-electron chi connectivity index (χ1n) is 9.44. The zero-order chi connectivity index (χ0) is 22.5.